The molecule has 0 saturated heterocycles. The second-order valence-corrected chi connectivity index (χ2v) is 6.69. The van der Waals surface area contributed by atoms with Crippen molar-refractivity contribution in [1.29, 1.82) is 0 Å². The van der Waals surface area contributed by atoms with Crippen LogP contribution in [0.15, 0.2) is 41.1 Å². The largest absolute Gasteiger partial charge is 0.349 e. The van der Waals surface area contributed by atoms with E-state index in [1.807, 2.05) is 23.6 Å². The zero-order valence-electron chi connectivity index (χ0n) is 14.2. The lowest BCUT2D eigenvalue weighted by Crippen LogP contribution is -2.32. The first-order chi connectivity index (χ1) is 11.5. The Labute approximate surface area is 146 Å². The van der Waals surface area contributed by atoms with Crippen LogP contribution in [0.5, 0.6) is 0 Å². The van der Waals surface area contributed by atoms with Crippen LogP contribution < -0.4 is 10.6 Å². The molecular formula is C18H23N3O2S. The molecule has 1 atom stereocenters. The van der Waals surface area contributed by atoms with Crippen LogP contribution in [0.4, 0.5) is 10.5 Å². The van der Waals surface area contributed by atoms with E-state index in [1.54, 1.807) is 36.4 Å². The third-order valence-corrected chi connectivity index (χ3v) is 4.49. The third kappa shape index (κ3) is 5.09. The second kappa shape index (κ2) is 8.49. The monoisotopic (exact) mass is 345 g/mol. The maximum atomic E-state index is 12.1. The third-order valence-electron chi connectivity index (χ3n) is 3.79. The predicted molar refractivity (Wildman–Crippen MR) is 98.6 cm³/mol. The van der Waals surface area contributed by atoms with Gasteiger partial charge in [-0.25, -0.2) is 4.79 Å². The standard InChI is InChI=1S/C18H23N3O2S/c1-13(15-8-9-24-12-15)11-19-18(23)20-16-7-5-4-6-14(16)10-17(22)21(2)3/h4-9,12-13H,10-11H2,1-3H3,(H2,19,20,23). The van der Waals surface area contributed by atoms with Crippen molar-refractivity contribution in [2.24, 2.45) is 0 Å². The van der Waals surface area contributed by atoms with E-state index in [0.717, 1.165) is 5.56 Å². The van der Waals surface area contributed by atoms with E-state index in [0.29, 0.717) is 12.2 Å². The minimum absolute atomic E-state index is 0.00395. The number of thiophene rings is 1. The minimum Gasteiger partial charge on any atom is -0.349 e. The van der Waals surface area contributed by atoms with Gasteiger partial charge in [-0.05, 0) is 39.9 Å². The zero-order chi connectivity index (χ0) is 17.5. The number of carbonyl (C=O) groups is 2. The first-order valence-electron chi connectivity index (χ1n) is 7.82. The van der Waals surface area contributed by atoms with Crippen molar-refractivity contribution in [3.8, 4) is 0 Å². The molecule has 0 bridgehead atoms. The summed E-state index contributed by atoms with van der Waals surface area (Å²) in [6.07, 6.45) is 0.259. The van der Waals surface area contributed by atoms with Gasteiger partial charge in [0.2, 0.25) is 5.91 Å². The number of amides is 3. The van der Waals surface area contributed by atoms with Crippen molar-refractivity contribution in [2.45, 2.75) is 19.3 Å². The van der Waals surface area contributed by atoms with Gasteiger partial charge in [-0.3, -0.25) is 4.79 Å². The van der Waals surface area contributed by atoms with Gasteiger partial charge >= 0.3 is 6.03 Å². The lowest BCUT2D eigenvalue weighted by atomic mass is 10.1. The van der Waals surface area contributed by atoms with E-state index < -0.39 is 0 Å². The number of benzene rings is 1. The molecule has 2 rings (SSSR count). The zero-order valence-corrected chi connectivity index (χ0v) is 15.0. The van der Waals surface area contributed by atoms with Gasteiger partial charge < -0.3 is 15.5 Å². The number of rotatable bonds is 6. The van der Waals surface area contributed by atoms with Gasteiger partial charge in [0.15, 0.2) is 0 Å². The topological polar surface area (TPSA) is 61.4 Å². The van der Waals surface area contributed by atoms with E-state index >= 15 is 0 Å². The molecule has 1 aromatic heterocycles. The Morgan fingerprint density at radius 2 is 1.96 bits per heavy atom. The molecule has 24 heavy (non-hydrogen) atoms. The van der Waals surface area contributed by atoms with Crippen molar-refractivity contribution in [2.75, 3.05) is 26.0 Å². The van der Waals surface area contributed by atoms with Crippen LogP contribution >= 0.6 is 11.3 Å². The van der Waals surface area contributed by atoms with Gasteiger partial charge in [-0.15, -0.1) is 0 Å². The van der Waals surface area contributed by atoms with Crippen LogP contribution in [0.2, 0.25) is 0 Å². The quantitative estimate of drug-likeness (QED) is 0.844. The van der Waals surface area contributed by atoms with Crippen LogP contribution in [0.3, 0.4) is 0 Å². The number of urea groups is 1. The Kier molecular flexibility index (Phi) is 6.37. The van der Waals surface area contributed by atoms with Gasteiger partial charge in [0, 0.05) is 26.3 Å². The molecule has 1 unspecified atom stereocenters. The average molecular weight is 345 g/mol. The summed E-state index contributed by atoms with van der Waals surface area (Å²) >= 11 is 1.65. The highest BCUT2D eigenvalue weighted by atomic mass is 32.1. The summed E-state index contributed by atoms with van der Waals surface area (Å²) in [7, 11) is 3.44. The molecule has 1 aromatic carbocycles. The van der Waals surface area contributed by atoms with Crippen LogP contribution in [0.25, 0.3) is 0 Å². The van der Waals surface area contributed by atoms with Crippen LogP contribution in [0.1, 0.15) is 24.0 Å². The van der Waals surface area contributed by atoms with Gasteiger partial charge in [0.25, 0.3) is 0 Å². The molecule has 3 amide bonds. The van der Waals surface area contributed by atoms with Crippen LogP contribution in [-0.2, 0) is 11.2 Å². The van der Waals surface area contributed by atoms with Crippen molar-refractivity contribution in [3.63, 3.8) is 0 Å². The molecule has 2 aromatic rings. The summed E-state index contributed by atoms with van der Waals surface area (Å²) in [5.74, 6) is 0.253. The molecule has 0 aliphatic rings. The maximum Gasteiger partial charge on any atom is 0.319 e. The fourth-order valence-electron chi connectivity index (χ4n) is 2.20. The van der Waals surface area contributed by atoms with Crippen molar-refractivity contribution < 1.29 is 9.59 Å². The number of anilines is 1. The van der Waals surface area contributed by atoms with Gasteiger partial charge in [0.1, 0.15) is 0 Å². The van der Waals surface area contributed by atoms with E-state index in [4.69, 9.17) is 0 Å². The number of hydrogen-bond acceptors (Lipinski definition) is 3. The highest BCUT2D eigenvalue weighted by Gasteiger charge is 2.12. The predicted octanol–water partition coefficient (Wildman–Crippen LogP) is 3.30. The molecule has 0 aliphatic carbocycles. The fraction of sp³-hybridized carbons (Fsp3) is 0.333. The lowest BCUT2D eigenvalue weighted by molar-refractivity contribution is -0.127. The molecule has 0 fully saturated rings. The molecule has 5 nitrogen and oxygen atoms in total. The summed E-state index contributed by atoms with van der Waals surface area (Å²) in [6.45, 7) is 2.63. The number of para-hydroxylation sites is 1. The van der Waals surface area contributed by atoms with E-state index in [1.165, 1.54) is 5.56 Å². The van der Waals surface area contributed by atoms with Gasteiger partial charge in [0.05, 0.1) is 6.42 Å². The molecule has 6 heteroatoms. The summed E-state index contributed by atoms with van der Waals surface area (Å²) in [6, 6.07) is 9.16. The molecular weight excluding hydrogens is 322 g/mol. The molecule has 2 N–H and O–H groups in total. The van der Waals surface area contributed by atoms with E-state index in [2.05, 4.69) is 29.0 Å². The molecule has 0 aliphatic heterocycles. The van der Waals surface area contributed by atoms with E-state index in [9.17, 15) is 9.59 Å². The van der Waals surface area contributed by atoms with Crippen LogP contribution in [-0.4, -0.2) is 37.5 Å². The fourth-order valence-corrected chi connectivity index (χ4v) is 2.99. The Bertz CT molecular complexity index is 683. The number of nitrogens with one attached hydrogen (secondary N) is 2. The first kappa shape index (κ1) is 18.0. The maximum absolute atomic E-state index is 12.1. The normalized spacial score (nSPS) is 11.6. The number of nitrogens with zero attached hydrogens (tertiary/aromatic N) is 1. The summed E-state index contributed by atoms with van der Waals surface area (Å²) in [5, 5.41) is 9.84. The molecule has 0 saturated carbocycles. The molecule has 0 radical (unpaired) electrons. The summed E-state index contributed by atoms with van der Waals surface area (Å²) in [5.41, 5.74) is 2.68. The first-order valence-corrected chi connectivity index (χ1v) is 8.76. The Balaban J connectivity index is 1.93. The second-order valence-electron chi connectivity index (χ2n) is 5.91. The minimum atomic E-state index is -0.262. The average Bonchev–Trinajstić information content (AvgIpc) is 3.09. The van der Waals surface area contributed by atoms with E-state index in [-0.39, 0.29) is 24.3 Å². The smallest absolute Gasteiger partial charge is 0.319 e. The molecule has 0 spiro atoms. The number of carbonyl (C=O) groups excluding carboxylic acids is 2. The lowest BCUT2D eigenvalue weighted by Gasteiger charge is -2.15. The Morgan fingerprint density at radius 1 is 1.21 bits per heavy atom. The summed E-state index contributed by atoms with van der Waals surface area (Å²) in [4.78, 5) is 25.6. The molecule has 128 valence electrons. The highest BCUT2D eigenvalue weighted by molar-refractivity contribution is 7.07. The Hall–Kier alpha value is -2.34. The van der Waals surface area contributed by atoms with Crippen molar-refractivity contribution >= 4 is 29.0 Å². The van der Waals surface area contributed by atoms with Gasteiger partial charge in [-0.1, -0.05) is 25.1 Å². The van der Waals surface area contributed by atoms with Crippen LogP contribution in [0, 0.1) is 0 Å². The SMILES string of the molecule is CC(CNC(=O)Nc1ccccc1CC(=O)N(C)C)c1ccsc1. The van der Waals surface area contributed by atoms with Crippen molar-refractivity contribution in [1.82, 2.24) is 10.2 Å². The van der Waals surface area contributed by atoms with Crippen molar-refractivity contribution in [3.05, 3.63) is 52.2 Å². The number of hydrogen-bond donors (Lipinski definition) is 2. The number of likely N-dealkylation sites (N-methyl/N-ethyl adjacent to an activating group) is 1. The highest BCUT2D eigenvalue weighted by Crippen LogP contribution is 2.18. The Morgan fingerprint density at radius 3 is 2.62 bits per heavy atom. The van der Waals surface area contributed by atoms with Gasteiger partial charge in [-0.2, -0.15) is 11.3 Å². The summed E-state index contributed by atoms with van der Waals surface area (Å²) < 4.78 is 0. The molecule has 1 heterocycles.